The fourth-order valence-electron chi connectivity index (χ4n) is 2.11. The molecule has 0 bridgehead atoms. The third-order valence-electron chi connectivity index (χ3n) is 3.16. The van der Waals surface area contributed by atoms with E-state index in [1.54, 1.807) is 4.68 Å². The van der Waals surface area contributed by atoms with Crippen molar-refractivity contribution in [3.05, 3.63) is 35.5 Å². The minimum Gasteiger partial charge on any atom is -0.325 e. The summed E-state index contributed by atoms with van der Waals surface area (Å²) in [5, 5.41) is 8.07. The van der Waals surface area contributed by atoms with Crippen LogP contribution in [-0.2, 0) is 13.1 Å². The van der Waals surface area contributed by atoms with Gasteiger partial charge in [0.05, 0.1) is 5.69 Å². The van der Waals surface area contributed by atoms with Gasteiger partial charge in [0.25, 0.3) is 0 Å². The third kappa shape index (κ3) is 3.01. The van der Waals surface area contributed by atoms with Gasteiger partial charge in [-0.15, -0.1) is 5.10 Å². The van der Waals surface area contributed by atoms with Crippen molar-refractivity contribution in [3.63, 3.8) is 0 Å². The van der Waals surface area contributed by atoms with Gasteiger partial charge in [-0.3, -0.25) is 0 Å². The summed E-state index contributed by atoms with van der Waals surface area (Å²) < 4.78 is 28.1. The maximum Gasteiger partial charge on any atom is 0.159 e. The van der Waals surface area contributed by atoms with E-state index in [1.165, 1.54) is 6.07 Å². The Bertz CT molecular complexity index is 581. The van der Waals surface area contributed by atoms with Crippen molar-refractivity contribution in [2.24, 2.45) is 5.73 Å². The summed E-state index contributed by atoms with van der Waals surface area (Å²) in [6.45, 7) is 3.01. The van der Waals surface area contributed by atoms with Crippen molar-refractivity contribution in [1.29, 1.82) is 0 Å². The summed E-state index contributed by atoms with van der Waals surface area (Å²) in [7, 11) is 0. The van der Waals surface area contributed by atoms with Crippen LogP contribution in [0.25, 0.3) is 11.3 Å². The Labute approximate surface area is 116 Å². The van der Waals surface area contributed by atoms with E-state index in [0.717, 1.165) is 31.4 Å². The van der Waals surface area contributed by atoms with Crippen LogP contribution in [0.2, 0.25) is 0 Å². The standard InChI is InChI=1S/C14H18F2N4/c1-2-3-4-7-20-14(13(9-17)18-19-20)10-5-6-11(15)12(16)8-10/h5-6,8H,2-4,7,9,17H2,1H3. The monoisotopic (exact) mass is 280 g/mol. The predicted molar refractivity (Wildman–Crippen MR) is 72.8 cm³/mol. The molecule has 108 valence electrons. The molecule has 0 aliphatic rings. The Morgan fingerprint density at radius 2 is 2.00 bits per heavy atom. The van der Waals surface area contributed by atoms with Crippen molar-refractivity contribution in [1.82, 2.24) is 15.0 Å². The lowest BCUT2D eigenvalue weighted by Crippen LogP contribution is -2.05. The van der Waals surface area contributed by atoms with E-state index in [0.29, 0.717) is 23.5 Å². The highest BCUT2D eigenvalue weighted by atomic mass is 19.2. The predicted octanol–water partition coefficient (Wildman–Crippen LogP) is 2.87. The molecule has 1 aromatic carbocycles. The largest absolute Gasteiger partial charge is 0.325 e. The number of hydrogen-bond acceptors (Lipinski definition) is 3. The molecule has 0 atom stereocenters. The first-order valence-electron chi connectivity index (χ1n) is 6.75. The molecule has 6 heteroatoms. The smallest absolute Gasteiger partial charge is 0.159 e. The lowest BCUT2D eigenvalue weighted by atomic mass is 10.1. The summed E-state index contributed by atoms with van der Waals surface area (Å²) in [6, 6.07) is 3.78. The third-order valence-corrected chi connectivity index (χ3v) is 3.16. The fourth-order valence-corrected chi connectivity index (χ4v) is 2.11. The van der Waals surface area contributed by atoms with Gasteiger partial charge < -0.3 is 5.73 Å². The van der Waals surface area contributed by atoms with E-state index < -0.39 is 11.6 Å². The second-order valence-electron chi connectivity index (χ2n) is 4.65. The van der Waals surface area contributed by atoms with Gasteiger partial charge in [0.15, 0.2) is 11.6 Å². The van der Waals surface area contributed by atoms with Crippen LogP contribution in [0.3, 0.4) is 0 Å². The number of aryl methyl sites for hydroxylation is 1. The first-order valence-corrected chi connectivity index (χ1v) is 6.75. The minimum atomic E-state index is -0.883. The number of hydrogen-bond donors (Lipinski definition) is 1. The molecule has 20 heavy (non-hydrogen) atoms. The zero-order valence-corrected chi connectivity index (χ0v) is 11.4. The molecule has 0 radical (unpaired) electrons. The van der Waals surface area contributed by atoms with Gasteiger partial charge in [-0.1, -0.05) is 25.0 Å². The van der Waals surface area contributed by atoms with Gasteiger partial charge in [-0.05, 0) is 24.6 Å². The molecule has 0 fully saturated rings. The molecular formula is C14H18F2N4. The molecular weight excluding hydrogens is 262 g/mol. The second-order valence-corrected chi connectivity index (χ2v) is 4.65. The molecule has 0 unspecified atom stereocenters. The number of nitrogens with two attached hydrogens (primary N) is 1. The van der Waals surface area contributed by atoms with E-state index in [2.05, 4.69) is 17.2 Å². The van der Waals surface area contributed by atoms with Gasteiger partial charge in [-0.2, -0.15) is 0 Å². The number of unbranched alkanes of at least 4 members (excludes halogenated alkanes) is 2. The van der Waals surface area contributed by atoms with Crippen molar-refractivity contribution >= 4 is 0 Å². The zero-order chi connectivity index (χ0) is 14.5. The van der Waals surface area contributed by atoms with Crippen molar-refractivity contribution in [3.8, 4) is 11.3 Å². The molecule has 0 saturated carbocycles. The summed E-state index contributed by atoms with van der Waals surface area (Å²) >= 11 is 0. The summed E-state index contributed by atoms with van der Waals surface area (Å²) in [5.41, 5.74) is 7.45. The van der Waals surface area contributed by atoms with Crippen LogP contribution in [0.4, 0.5) is 8.78 Å². The highest BCUT2D eigenvalue weighted by molar-refractivity contribution is 5.62. The Balaban J connectivity index is 2.36. The second kappa shape index (κ2) is 6.56. The van der Waals surface area contributed by atoms with E-state index in [1.807, 2.05) is 0 Å². The molecule has 0 aliphatic carbocycles. The van der Waals surface area contributed by atoms with E-state index in [9.17, 15) is 8.78 Å². The van der Waals surface area contributed by atoms with Gasteiger partial charge in [0.1, 0.15) is 5.69 Å². The summed E-state index contributed by atoms with van der Waals surface area (Å²) in [6.07, 6.45) is 3.13. The van der Waals surface area contributed by atoms with Gasteiger partial charge in [0.2, 0.25) is 0 Å². The van der Waals surface area contributed by atoms with Crippen molar-refractivity contribution < 1.29 is 8.78 Å². The maximum atomic E-state index is 13.4. The highest BCUT2D eigenvalue weighted by Gasteiger charge is 2.15. The topological polar surface area (TPSA) is 56.7 Å². The normalized spacial score (nSPS) is 11.0. The Kier molecular flexibility index (Phi) is 4.79. The molecule has 1 heterocycles. The van der Waals surface area contributed by atoms with Crippen LogP contribution in [0.1, 0.15) is 31.9 Å². The Morgan fingerprint density at radius 1 is 1.20 bits per heavy atom. The van der Waals surface area contributed by atoms with Crippen LogP contribution in [0.5, 0.6) is 0 Å². The van der Waals surface area contributed by atoms with Crippen LogP contribution in [-0.4, -0.2) is 15.0 Å². The van der Waals surface area contributed by atoms with Crippen molar-refractivity contribution in [2.75, 3.05) is 0 Å². The van der Waals surface area contributed by atoms with Crippen molar-refractivity contribution in [2.45, 2.75) is 39.3 Å². The molecule has 0 aliphatic heterocycles. The van der Waals surface area contributed by atoms with E-state index >= 15 is 0 Å². The SMILES string of the molecule is CCCCCn1nnc(CN)c1-c1ccc(F)c(F)c1. The quantitative estimate of drug-likeness (QED) is 0.828. The molecule has 2 rings (SSSR count). The number of nitrogens with zero attached hydrogens (tertiary/aromatic N) is 3. The van der Waals surface area contributed by atoms with Gasteiger partial charge in [-0.25, -0.2) is 13.5 Å². The minimum absolute atomic E-state index is 0.210. The number of rotatable bonds is 6. The van der Waals surface area contributed by atoms with Gasteiger partial charge in [0, 0.05) is 18.7 Å². The van der Waals surface area contributed by atoms with Crippen LogP contribution < -0.4 is 5.73 Å². The molecule has 0 amide bonds. The molecule has 0 spiro atoms. The maximum absolute atomic E-state index is 13.4. The molecule has 2 aromatic rings. The van der Waals surface area contributed by atoms with E-state index in [4.69, 9.17) is 5.73 Å². The Morgan fingerprint density at radius 3 is 2.65 bits per heavy atom. The first kappa shape index (κ1) is 14.6. The fraction of sp³-hybridized carbons (Fsp3) is 0.429. The van der Waals surface area contributed by atoms with Crippen LogP contribution in [0.15, 0.2) is 18.2 Å². The molecule has 1 aromatic heterocycles. The lowest BCUT2D eigenvalue weighted by Gasteiger charge is -2.08. The van der Waals surface area contributed by atoms with Crippen LogP contribution >= 0.6 is 0 Å². The zero-order valence-electron chi connectivity index (χ0n) is 11.4. The highest BCUT2D eigenvalue weighted by Crippen LogP contribution is 2.24. The van der Waals surface area contributed by atoms with E-state index in [-0.39, 0.29) is 6.54 Å². The average molecular weight is 280 g/mol. The molecule has 4 nitrogen and oxygen atoms in total. The molecule has 2 N–H and O–H groups in total. The first-order chi connectivity index (χ1) is 9.67. The Hall–Kier alpha value is -1.82. The number of benzene rings is 1. The lowest BCUT2D eigenvalue weighted by molar-refractivity contribution is 0.508. The number of aromatic nitrogens is 3. The summed E-state index contributed by atoms with van der Waals surface area (Å²) in [5.74, 6) is -1.75. The van der Waals surface area contributed by atoms with Gasteiger partial charge >= 0.3 is 0 Å². The van der Waals surface area contributed by atoms with Crippen LogP contribution in [0, 0.1) is 11.6 Å². The molecule has 0 saturated heterocycles. The average Bonchev–Trinajstić information content (AvgIpc) is 2.85. The summed E-state index contributed by atoms with van der Waals surface area (Å²) in [4.78, 5) is 0. The number of halogens is 2.